The maximum absolute atomic E-state index is 12.2. The monoisotopic (exact) mass is 296 g/mol. The summed E-state index contributed by atoms with van der Waals surface area (Å²) in [5, 5.41) is 0. The molecule has 1 heterocycles. The average molecular weight is 296 g/mol. The summed E-state index contributed by atoms with van der Waals surface area (Å²) >= 11 is 0. The predicted molar refractivity (Wildman–Crippen MR) is 82.8 cm³/mol. The summed E-state index contributed by atoms with van der Waals surface area (Å²) in [7, 11) is 0. The molecule has 2 aromatic rings. The van der Waals surface area contributed by atoms with Gasteiger partial charge in [-0.3, -0.25) is 9.69 Å². The van der Waals surface area contributed by atoms with Crippen molar-refractivity contribution in [2.75, 3.05) is 24.5 Å². The number of carbonyl (C=O) groups is 2. The second-order valence-corrected chi connectivity index (χ2v) is 4.98. The zero-order valence-electron chi connectivity index (χ0n) is 12.0. The zero-order chi connectivity index (χ0) is 15.4. The summed E-state index contributed by atoms with van der Waals surface area (Å²) in [5.41, 5.74) is 0.851. The van der Waals surface area contributed by atoms with E-state index in [0.29, 0.717) is 18.8 Å². The Morgan fingerprint density at radius 1 is 0.909 bits per heavy atom. The second kappa shape index (κ2) is 6.30. The van der Waals surface area contributed by atoms with Crippen molar-refractivity contribution in [2.24, 2.45) is 0 Å². The van der Waals surface area contributed by atoms with Gasteiger partial charge in [0.1, 0.15) is 12.3 Å². The van der Waals surface area contributed by atoms with E-state index in [2.05, 4.69) is 0 Å². The number of ether oxygens (including phenoxy) is 1. The van der Waals surface area contributed by atoms with Gasteiger partial charge in [0.25, 0.3) is 0 Å². The summed E-state index contributed by atoms with van der Waals surface area (Å²) in [5.74, 6) is 0.368. The van der Waals surface area contributed by atoms with Gasteiger partial charge in [-0.05, 0) is 24.3 Å². The highest BCUT2D eigenvalue weighted by Gasteiger charge is 2.29. The van der Waals surface area contributed by atoms with Crippen LogP contribution in [0.5, 0.6) is 5.75 Å². The van der Waals surface area contributed by atoms with Gasteiger partial charge >= 0.3 is 6.09 Å². The number of hydrogen-bond acceptors (Lipinski definition) is 3. The molecule has 0 spiro atoms. The molecule has 1 saturated heterocycles. The van der Waals surface area contributed by atoms with Gasteiger partial charge in [0, 0.05) is 18.8 Å². The van der Waals surface area contributed by atoms with E-state index < -0.39 is 6.09 Å². The highest BCUT2D eigenvalue weighted by atomic mass is 16.6. The van der Waals surface area contributed by atoms with E-state index in [9.17, 15) is 9.59 Å². The summed E-state index contributed by atoms with van der Waals surface area (Å²) in [4.78, 5) is 27.4. The van der Waals surface area contributed by atoms with E-state index in [1.165, 1.54) is 4.90 Å². The molecule has 22 heavy (non-hydrogen) atoms. The third-order valence-corrected chi connectivity index (χ3v) is 3.50. The normalized spacial score (nSPS) is 14.8. The molecule has 1 fully saturated rings. The first-order valence-corrected chi connectivity index (χ1v) is 7.11. The summed E-state index contributed by atoms with van der Waals surface area (Å²) in [6, 6.07) is 18.3. The van der Waals surface area contributed by atoms with E-state index in [-0.39, 0.29) is 12.5 Å². The maximum Gasteiger partial charge on any atom is 0.415 e. The van der Waals surface area contributed by atoms with Gasteiger partial charge in [0.05, 0.1) is 0 Å². The Morgan fingerprint density at radius 3 is 2.18 bits per heavy atom. The third-order valence-electron chi connectivity index (χ3n) is 3.50. The number of carbonyl (C=O) groups excluding carboxylic acids is 2. The molecule has 5 heteroatoms. The summed E-state index contributed by atoms with van der Waals surface area (Å²) in [6.45, 7) is 0.944. The lowest BCUT2D eigenvalue weighted by atomic mass is 10.2. The highest BCUT2D eigenvalue weighted by molar-refractivity contribution is 5.97. The number of rotatable bonds is 2. The molecule has 0 aromatic heterocycles. The number of benzene rings is 2. The Morgan fingerprint density at radius 2 is 1.55 bits per heavy atom. The van der Waals surface area contributed by atoms with Crippen molar-refractivity contribution in [1.29, 1.82) is 0 Å². The minimum atomic E-state index is -0.493. The van der Waals surface area contributed by atoms with Crippen molar-refractivity contribution >= 4 is 17.7 Å². The zero-order valence-corrected chi connectivity index (χ0v) is 12.0. The topological polar surface area (TPSA) is 49.9 Å². The Bertz CT molecular complexity index is 656. The van der Waals surface area contributed by atoms with Crippen molar-refractivity contribution in [3.8, 4) is 5.75 Å². The predicted octanol–water partition coefficient (Wildman–Crippen LogP) is 2.53. The Kier molecular flexibility index (Phi) is 4.05. The van der Waals surface area contributed by atoms with Crippen LogP contribution in [0.2, 0.25) is 0 Å². The summed E-state index contributed by atoms with van der Waals surface area (Å²) in [6.07, 6.45) is -0.493. The first kappa shape index (κ1) is 14.1. The van der Waals surface area contributed by atoms with Gasteiger partial charge < -0.3 is 9.64 Å². The lowest BCUT2D eigenvalue weighted by Gasteiger charge is -2.33. The van der Waals surface area contributed by atoms with E-state index >= 15 is 0 Å². The van der Waals surface area contributed by atoms with Crippen molar-refractivity contribution in [2.45, 2.75) is 0 Å². The fourth-order valence-electron chi connectivity index (χ4n) is 2.36. The molecule has 0 unspecified atom stereocenters. The number of hydrogen-bond donors (Lipinski definition) is 0. The van der Waals surface area contributed by atoms with E-state index in [1.54, 1.807) is 29.2 Å². The summed E-state index contributed by atoms with van der Waals surface area (Å²) < 4.78 is 5.26. The van der Waals surface area contributed by atoms with Crippen LogP contribution in [0.4, 0.5) is 10.5 Å². The van der Waals surface area contributed by atoms with E-state index in [0.717, 1.165) is 5.69 Å². The van der Waals surface area contributed by atoms with Crippen molar-refractivity contribution in [3.05, 3.63) is 60.7 Å². The fraction of sp³-hybridized carbons (Fsp3) is 0.176. The van der Waals surface area contributed by atoms with Crippen molar-refractivity contribution < 1.29 is 14.3 Å². The first-order valence-electron chi connectivity index (χ1n) is 7.11. The number of para-hydroxylation sites is 2. The molecule has 2 amide bonds. The third kappa shape index (κ3) is 3.09. The Balaban J connectivity index is 1.63. The van der Waals surface area contributed by atoms with Crippen LogP contribution in [-0.2, 0) is 4.79 Å². The van der Waals surface area contributed by atoms with Crippen LogP contribution in [-0.4, -0.2) is 36.5 Å². The molecular formula is C17H16N2O3. The van der Waals surface area contributed by atoms with Crippen molar-refractivity contribution in [1.82, 2.24) is 4.90 Å². The number of piperazine rings is 1. The highest BCUT2D eigenvalue weighted by Crippen LogP contribution is 2.17. The molecule has 1 aliphatic heterocycles. The van der Waals surface area contributed by atoms with Gasteiger partial charge in [-0.25, -0.2) is 4.79 Å². The van der Waals surface area contributed by atoms with Gasteiger partial charge in [0.15, 0.2) is 0 Å². The number of anilines is 1. The van der Waals surface area contributed by atoms with Crippen LogP contribution in [0, 0.1) is 0 Å². The van der Waals surface area contributed by atoms with Gasteiger partial charge in [-0.2, -0.15) is 0 Å². The Labute approximate surface area is 128 Å². The Hall–Kier alpha value is -2.82. The van der Waals surface area contributed by atoms with Gasteiger partial charge in [0.2, 0.25) is 5.91 Å². The quantitative estimate of drug-likeness (QED) is 0.855. The fourth-order valence-corrected chi connectivity index (χ4v) is 2.36. The number of nitrogens with zero attached hydrogens (tertiary/aromatic N) is 2. The van der Waals surface area contributed by atoms with Crippen molar-refractivity contribution in [3.63, 3.8) is 0 Å². The average Bonchev–Trinajstić information content (AvgIpc) is 2.56. The maximum atomic E-state index is 12.2. The molecule has 0 atom stereocenters. The first-order chi connectivity index (χ1) is 10.7. The van der Waals surface area contributed by atoms with Gasteiger partial charge in [-0.15, -0.1) is 0 Å². The molecular weight excluding hydrogens is 280 g/mol. The SMILES string of the molecule is O=C(Oc1ccccc1)N1CCN(c2ccccc2)C(=O)C1. The molecule has 0 bridgehead atoms. The molecule has 0 N–H and O–H groups in total. The van der Waals surface area contributed by atoms with Crippen LogP contribution < -0.4 is 9.64 Å². The molecule has 5 nitrogen and oxygen atoms in total. The van der Waals surface area contributed by atoms with Gasteiger partial charge in [-0.1, -0.05) is 36.4 Å². The number of amides is 2. The molecule has 3 rings (SSSR count). The molecule has 2 aromatic carbocycles. The van der Waals surface area contributed by atoms with E-state index in [4.69, 9.17) is 4.74 Å². The lowest BCUT2D eigenvalue weighted by molar-refractivity contribution is -0.120. The molecule has 0 saturated carbocycles. The lowest BCUT2D eigenvalue weighted by Crippen LogP contribution is -2.53. The van der Waals surface area contributed by atoms with Crippen LogP contribution in [0.25, 0.3) is 0 Å². The molecule has 0 aliphatic carbocycles. The molecule has 1 aliphatic rings. The smallest absolute Gasteiger partial charge is 0.410 e. The largest absolute Gasteiger partial charge is 0.415 e. The molecule has 112 valence electrons. The second-order valence-electron chi connectivity index (χ2n) is 4.98. The minimum Gasteiger partial charge on any atom is -0.410 e. The standard InChI is InChI=1S/C17H16N2O3/c20-16-13-18(17(21)22-15-9-5-2-6-10-15)11-12-19(16)14-7-3-1-4-8-14/h1-10H,11-13H2. The van der Waals surface area contributed by atoms with Crippen LogP contribution in [0.1, 0.15) is 0 Å². The van der Waals surface area contributed by atoms with Crippen LogP contribution in [0.15, 0.2) is 60.7 Å². The van der Waals surface area contributed by atoms with E-state index in [1.807, 2.05) is 36.4 Å². The van der Waals surface area contributed by atoms with Crippen LogP contribution in [0.3, 0.4) is 0 Å². The van der Waals surface area contributed by atoms with Crippen LogP contribution >= 0.6 is 0 Å². The molecule has 0 radical (unpaired) electrons. The minimum absolute atomic E-state index is 0.0283.